The molecule has 3 rings (SSSR count). The lowest BCUT2D eigenvalue weighted by Crippen LogP contribution is -2.63. The molecule has 17 nitrogen and oxygen atoms in total. The SMILES string of the molecule is CC(=O)OC[C@H]1O[C@@H](Oc2n[nH]c(C(C)C)c2Cc2ccc(OCCCC(=O)NC(C)(C)C(=O)O)cc2C)[C@H](OC(C)=O)[C@@H](OC(C)=O)[C@H]1OC(C)=O. The van der Waals surface area contributed by atoms with E-state index >= 15 is 0 Å². The molecular formula is C36H49N3O14. The Morgan fingerprint density at radius 2 is 1.57 bits per heavy atom. The van der Waals surface area contributed by atoms with E-state index in [1.165, 1.54) is 20.8 Å². The van der Waals surface area contributed by atoms with Gasteiger partial charge < -0.3 is 43.6 Å². The molecule has 0 unspecified atom stereocenters. The molecular weight excluding hydrogens is 698 g/mol. The first-order chi connectivity index (χ1) is 24.8. The molecule has 0 spiro atoms. The first kappa shape index (κ1) is 42.2. The summed E-state index contributed by atoms with van der Waals surface area (Å²) in [6.07, 6.45) is -6.06. The highest BCUT2D eigenvalue weighted by atomic mass is 16.7. The number of aryl methyl sites for hydroxylation is 1. The summed E-state index contributed by atoms with van der Waals surface area (Å²) < 4.78 is 39.9. The van der Waals surface area contributed by atoms with Gasteiger partial charge in [0.15, 0.2) is 12.2 Å². The molecule has 0 bridgehead atoms. The Bertz CT molecular complexity index is 1650. The van der Waals surface area contributed by atoms with Crippen molar-refractivity contribution in [2.75, 3.05) is 13.2 Å². The van der Waals surface area contributed by atoms with Crippen molar-refractivity contribution in [2.24, 2.45) is 0 Å². The van der Waals surface area contributed by atoms with Crippen molar-refractivity contribution >= 4 is 35.8 Å². The molecule has 1 aliphatic rings. The highest BCUT2D eigenvalue weighted by Gasteiger charge is 2.53. The minimum absolute atomic E-state index is 0.0357. The van der Waals surface area contributed by atoms with E-state index in [1.54, 1.807) is 6.07 Å². The zero-order chi connectivity index (χ0) is 39.6. The third-order valence-corrected chi connectivity index (χ3v) is 8.10. The van der Waals surface area contributed by atoms with Gasteiger partial charge in [0.1, 0.15) is 24.0 Å². The average Bonchev–Trinajstić information content (AvgIpc) is 3.43. The lowest BCUT2D eigenvalue weighted by Gasteiger charge is -2.43. The number of aromatic amines is 1. The molecule has 2 heterocycles. The number of aliphatic carboxylic acids is 1. The second-order valence-corrected chi connectivity index (χ2v) is 13.5. The van der Waals surface area contributed by atoms with Crippen molar-refractivity contribution in [1.29, 1.82) is 0 Å². The van der Waals surface area contributed by atoms with Crippen LogP contribution in [0.1, 0.15) is 96.5 Å². The summed E-state index contributed by atoms with van der Waals surface area (Å²) in [5, 5.41) is 19.1. The van der Waals surface area contributed by atoms with E-state index in [0.29, 0.717) is 24.2 Å². The highest BCUT2D eigenvalue weighted by molar-refractivity contribution is 5.86. The van der Waals surface area contributed by atoms with Gasteiger partial charge in [-0.05, 0) is 56.4 Å². The van der Waals surface area contributed by atoms with Gasteiger partial charge >= 0.3 is 29.8 Å². The third kappa shape index (κ3) is 12.2. The quantitative estimate of drug-likeness (QED) is 0.120. The fourth-order valence-corrected chi connectivity index (χ4v) is 5.53. The number of benzene rings is 1. The molecule has 1 fully saturated rings. The topological polar surface area (TPSA) is 228 Å². The maximum absolute atomic E-state index is 12.3. The van der Waals surface area contributed by atoms with Crippen LogP contribution in [0.25, 0.3) is 0 Å². The second-order valence-electron chi connectivity index (χ2n) is 13.5. The molecule has 0 radical (unpaired) electrons. The molecule has 1 aliphatic heterocycles. The monoisotopic (exact) mass is 747 g/mol. The highest BCUT2D eigenvalue weighted by Crippen LogP contribution is 2.35. The minimum atomic E-state index is -1.47. The third-order valence-electron chi connectivity index (χ3n) is 8.10. The van der Waals surface area contributed by atoms with E-state index in [9.17, 15) is 33.9 Å². The van der Waals surface area contributed by atoms with Crippen molar-refractivity contribution in [3.63, 3.8) is 0 Å². The molecule has 1 saturated heterocycles. The summed E-state index contributed by atoms with van der Waals surface area (Å²) >= 11 is 0. The fraction of sp³-hybridized carbons (Fsp3) is 0.583. The van der Waals surface area contributed by atoms with Crippen molar-refractivity contribution in [1.82, 2.24) is 15.5 Å². The lowest BCUT2D eigenvalue weighted by molar-refractivity contribution is -0.289. The summed E-state index contributed by atoms with van der Waals surface area (Å²) in [6.45, 7) is 13.0. The number of carboxylic acid groups (broad SMARTS) is 1. The van der Waals surface area contributed by atoms with Crippen molar-refractivity contribution in [2.45, 2.75) is 124 Å². The fourth-order valence-electron chi connectivity index (χ4n) is 5.53. The number of amides is 1. The number of hydrogen-bond donors (Lipinski definition) is 3. The zero-order valence-corrected chi connectivity index (χ0v) is 31.4. The molecule has 0 saturated carbocycles. The van der Waals surface area contributed by atoms with E-state index in [2.05, 4.69) is 15.5 Å². The lowest BCUT2D eigenvalue weighted by atomic mass is 9.96. The van der Waals surface area contributed by atoms with Crippen molar-refractivity contribution < 1.29 is 67.0 Å². The van der Waals surface area contributed by atoms with Crippen LogP contribution >= 0.6 is 0 Å². The number of esters is 4. The number of nitrogens with zero attached hydrogens (tertiary/aromatic N) is 1. The number of ether oxygens (including phenoxy) is 7. The van der Waals surface area contributed by atoms with E-state index in [4.69, 9.17) is 33.2 Å². The van der Waals surface area contributed by atoms with Gasteiger partial charge in [-0.15, -0.1) is 5.10 Å². The smallest absolute Gasteiger partial charge is 0.328 e. The first-order valence-electron chi connectivity index (χ1n) is 17.1. The van der Waals surface area contributed by atoms with Crippen LogP contribution in [-0.2, 0) is 58.9 Å². The molecule has 53 heavy (non-hydrogen) atoms. The Labute approximate surface area is 307 Å². The number of nitrogens with one attached hydrogen (secondary N) is 2. The van der Waals surface area contributed by atoms with Gasteiger partial charge in [-0.25, -0.2) is 4.79 Å². The van der Waals surface area contributed by atoms with Crippen LogP contribution in [-0.4, -0.2) is 101 Å². The predicted octanol–water partition coefficient (Wildman–Crippen LogP) is 3.03. The summed E-state index contributed by atoms with van der Waals surface area (Å²) in [4.78, 5) is 71.8. The van der Waals surface area contributed by atoms with E-state index < -0.39 is 78.6 Å². The average molecular weight is 748 g/mol. The maximum atomic E-state index is 12.3. The van der Waals surface area contributed by atoms with Crippen LogP contribution < -0.4 is 14.8 Å². The Kier molecular flexibility index (Phi) is 14.8. The van der Waals surface area contributed by atoms with Crippen molar-refractivity contribution in [3.05, 3.63) is 40.6 Å². The number of carbonyl (C=O) groups is 6. The first-order valence-corrected chi connectivity index (χ1v) is 17.1. The summed E-state index contributed by atoms with van der Waals surface area (Å²) in [6, 6.07) is 5.51. The van der Waals surface area contributed by atoms with Crippen LogP contribution in [0, 0.1) is 6.92 Å². The molecule has 3 N–H and O–H groups in total. The molecule has 1 amide bonds. The number of aromatic nitrogens is 2. The van der Waals surface area contributed by atoms with Crippen molar-refractivity contribution in [3.8, 4) is 11.6 Å². The van der Waals surface area contributed by atoms with Gasteiger partial charge in [0.05, 0.1) is 6.61 Å². The van der Waals surface area contributed by atoms with Gasteiger partial charge in [-0.2, -0.15) is 0 Å². The molecule has 17 heteroatoms. The Hall–Kier alpha value is -5.19. The standard InChI is InChI=1S/C36H49N3O14/c1-18(2)29-26(16-24-12-13-25(15-19(24)3)47-14-10-11-28(44)37-36(8,9)35(45)46)33(39-38-29)53-34-32(51-23(7)43)31(50-22(6)42)30(49-21(5)41)27(52-34)17-48-20(4)40/h12-13,15,18,27,30-32,34H,10-11,14,16-17H2,1-9H3,(H,37,44)(H,38,39)(H,45,46)/t27-,30+,31+,32-,34+/m1/s1. The summed E-state index contributed by atoms with van der Waals surface area (Å²) in [5.41, 5.74) is 1.79. The second kappa shape index (κ2) is 18.5. The Morgan fingerprint density at radius 3 is 2.13 bits per heavy atom. The molecule has 1 aromatic heterocycles. The van der Waals surface area contributed by atoms with E-state index in [0.717, 1.165) is 37.6 Å². The number of carbonyl (C=O) groups excluding carboxylic acids is 5. The molecule has 0 aliphatic carbocycles. The minimum Gasteiger partial charge on any atom is -0.494 e. The van der Waals surface area contributed by atoms with Gasteiger partial charge in [-0.1, -0.05) is 19.9 Å². The van der Waals surface area contributed by atoms with Gasteiger partial charge in [-0.3, -0.25) is 29.1 Å². The number of hydrogen-bond acceptors (Lipinski definition) is 14. The van der Waals surface area contributed by atoms with E-state index in [-0.39, 0.29) is 24.8 Å². The Balaban J connectivity index is 1.86. The molecule has 292 valence electrons. The summed E-state index contributed by atoms with van der Waals surface area (Å²) in [7, 11) is 0. The normalized spacial score (nSPS) is 19.8. The van der Waals surface area contributed by atoms with Crippen LogP contribution in [0.4, 0.5) is 0 Å². The largest absolute Gasteiger partial charge is 0.494 e. The number of rotatable bonds is 17. The predicted molar refractivity (Wildman–Crippen MR) is 184 cm³/mol. The number of carboxylic acids is 1. The molecule has 1 aromatic carbocycles. The zero-order valence-electron chi connectivity index (χ0n) is 31.4. The maximum Gasteiger partial charge on any atom is 0.328 e. The number of H-pyrrole nitrogens is 1. The van der Waals surface area contributed by atoms with E-state index in [1.807, 2.05) is 32.9 Å². The molecule has 5 atom stereocenters. The van der Waals surface area contributed by atoms with Gasteiger partial charge in [0.25, 0.3) is 0 Å². The van der Waals surface area contributed by atoms with Crippen LogP contribution in [0.2, 0.25) is 0 Å². The Morgan fingerprint density at radius 1 is 0.943 bits per heavy atom. The molecule has 2 aromatic rings. The summed E-state index contributed by atoms with van der Waals surface area (Å²) in [5.74, 6) is -3.83. The van der Waals surface area contributed by atoms with Gasteiger partial charge in [0, 0.05) is 51.8 Å². The van der Waals surface area contributed by atoms with Crippen LogP contribution in [0.15, 0.2) is 18.2 Å². The van der Waals surface area contributed by atoms with Crippen LogP contribution in [0.3, 0.4) is 0 Å². The van der Waals surface area contributed by atoms with Crippen LogP contribution in [0.5, 0.6) is 11.6 Å². The van der Waals surface area contributed by atoms with Gasteiger partial charge in [0.2, 0.25) is 24.2 Å².